The topological polar surface area (TPSA) is 47.7 Å². The Morgan fingerprint density at radius 1 is 1.25 bits per heavy atom. The minimum atomic E-state index is 0.574. The first kappa shape index (κ1) is 15.3. The Morgan fingerprint density at radius 2 is 2.10 bits per heavy atom. The van der Waals surface area contributed by atoms with E-state index in [-0.39, 0.29) is 0 Å². The van der Waals surface area contributed by atoms with Gasteiger partial charge in [0.15, 0.2) is 0 Å². The predicted octanol–water partition coefficient (Wildman–Crippen LogP) is 1.99. The third-order valence-electron chi connectivity index (χ3n) is 3.82. The zero-order valence-corrected chi connectivity index (χ0v) is 12.4. The fourth-order valence-electron chi connectivity index (χ4n) is 2.83. The van der Waals surface area contributed by atoms with Crippen molar-refractivity contribution in [2.45, 2.75) is 18.8 Å². The Balaban J connectivity index is 1.81. The lowest BCUT2D eigenvalue weighted by molar-refractivity contribution is 0.107. The van der Waals surface area contributed by atoms with Crippen molar-refractivity contribution in [2.75, 3.05) is 51.5 Å². The van der Waals surface area contributed by atoms with E-state index >= 15 is 0 Å². The standard InChI is InChI=1S/C16H26N2O2/c1-19-10-4-11-20-12-9-18-13-14(7-8-17)15-5-2-3-6-16(15)18/h2-3,5-6,14H,4,7-13,17H2,1H3. The first-order chi connectivity index (χ1) is 9.86. The monoisotopic (exact) mass is 278 g/mol. The molecule has 0 saturated carbocycles. The maximum Gasteiger partial charge on any atom is 0.0641 e. The highest BCUT2D eigenvalue weighted by molar-refractivity contribution is 5.60. The van der Waals surface area contributed by atoms with E-state index in [9.17, 15) is 0 Å². The maximum absolute atomic E-state index is 5.72. The molecule has 1 aliphatic rings. The first-order valence-electron chi connectivity index (χ1n) is 7.47. The first-order valence-corrected chi connectivity index (χ1v) is 7.47. The van der Waals surface area contributed by atoms with Crippen molar-refractivity contribution in [1.29, 1.82) is 0 Å². The van der Waals surface area contributed by atoms with Crippen LogP contribution in [0, 0.1) is 0 Å². The van der Waals surface area contributed by atoms with Crippen LogP contribution in [-0.4, -0.2) is 46.6 Å². The molecule has 0 saturated heterocycles. The molecule has 0 aliphatic carbocycles. The van der Waals surface area contributed by atoms with Crippen LogP contribution < -0.4 is 10.6 Å². The SMILES string of the molecule is COCCCOCCN1CC(CCN)c2ccccc21. The zero-order valence-electron chi connectivity index (χ0n) is 12.4. The lowest BCUT2D eigenvalue weighted by Gasteiger charge is -2.19. The van der Waals surface area contributed by atoms with Crippen molar-refractivity contribution in [3.8, 4) is 0 Å². The van der Waals surface area contributed by atoms with E-state index in [0.717, 1.165) is 52.3 Å². The van der Waals surface area contributed by atoms with Crippen molar-refractivity contribution in [2.24, 2.45) is 5.73 Å². The van der Waals surface area contributed by atoms with Crippen molar-refractivity contribution in [3.05, 3.63) is 29.8 Å². The number of para-hydroxylation sites is 1. The number of nitrogens with zero attached hydrogens (tertiary/aromatic N) is 1. The molecule has 2 N–H and O–H groups in total. The molecule has 0 spiro atoms. The number of ether oxygens (including phenoxy) is 2. The highest BCUT2D eigenvalue weighted by Gasteiger charge is 2.26. The van der Waals surface area contributed by atoms with Crippen LogP contribution in [0.25, 0.3) is 0 Å². The Bertz CT molecular complexity index is 398. The third-order valence-corrected chi connectivity index (χ3v) is 3.82. The smallest absolute Gasteiger partial charge is 0.0641 e. The van der Waals surface area contributed by atoms with E-state index < -0.39 is 0 Å². The van der Waals surface area contributed by atoms with Crippen LogP contribution in [0.1, 0.15) is 24.3 Å². The molecular weight excluding hydrogens is 252 g/mol. The van der Waals surface area contributed by atoms with Gasteiger partial charge < -0.3 is 20.1 Å². The minimum absolute atomic E-state index is 0.574. The van der Waals surface area contributed by atoms with Gasteiger partial charge in [0.25, 0.3) is 0 Å². The molecule has 0 fully saturated rings. The molecule has 0 aromatic heterocycles. The zero-order chi connectivity index (χ0) is 14.2. The molecule has 1 aromatic rings. The molecule has 2 rings (SSSR count). The third kappa shape index (κ3) is 3.95. The van der Waals surface area contributed by atoms with Gasteiger partial charge in [-0.1, -0.05) is 18.2 Å². The summed E-state index contributed by atoms with van der Waals surface area (Å²) in [6.07, 6.45) is 2.02. The highest BCUT2D eigenvalue weighted by atomic mass is 16.5. The molecule has 0 bridgehead atoms. The van der Waals surface area contributed by atoms with E-state index in [1.165, 1.54) is 11.3 Å². The Kier molecular flexibility index (Phi) is 6.30. The van der Waals surface area contributed by atoms with Gasteiger partial charge in [0.2, 0.25) is 0 Å². The van der Waals surface area contributed by atoms with Gasteiger partial charge in [-0.3, -0.25) is 0 Å². The lowest BCUT2D eigenvalue weighted by Crippen LogP contribution is -2.27. The Morgan fingerprint density at radius 3 is 2.90 bits per heavy atom. The number of rotatable bonds is 9. The second kappa shape index (κ2) is 8.25. The van der Waals surface area contributed by atoms with E-state index in [2.05, 4.69) is 29.2 Å². The van der Waals surface area contributed by atoms with Crippen LogP contribution in [0.5, 0.6) is 0 Å². The van der Waals surface area contributed by atoms with Gasteiger partial charge in [-0.2, -0.15) is 0 Å². The van der Waals surface area contributed by atoms with Gasteiger partial charge in [0.1, 0.15) is 0 Å². The maximum atomic E-state index is 5.72. The fraction of sp³-hybridized carbons (Fsp3) is 0.625. The van der Waals surface area contributed by atoms with Crippen LogP contribution in [0.3, 0.4) is 0 Å². The summed E-state index contributed by atoms with van der Waals surface area (Å²) in [7, 11) is 1.72. The summed E-state index contributed by atoms with van der Waals surface area (Å²) in [4.78, 5) is 2.42. The molecule has 1 aliphatic heterocycles. The molecule has 0 radical (unpaired) electrons. The van der Waals surface area contributed by atoms with E-state index in [0.29, 0.717) is 5.92 Å². The lowest BCUT2D eigenvalue weighted by atomic mass is 9.98. The van der Waals surface area contributed by atoms with Crippen LogP contribution in [-0.2, 0) is 9.47 Å². The molecule has 1 atom stereocenters. The van der Waals surface area contributed by atoms with Crippen molar-refractivity contribution in [3.63, 3.8) is 0 Å². The number of methoxy groups -OCH3 is 1. The molecule has 4 heteroatoms. The largest absolute Gasteiger partial charge is 0.385 e. The highest BCUT2D eigenvalue weighted by Crippen LogP contribution is 2.37. The number of anilines is 1. The number of hydrogen-bond acceptors (Lipinski definition) is 4. The summed E-state index contributed by atoms with van der Waals surface area (Å²) < 4.78 is 10.7. The van der Waals surface area contributed by atoms with Gasteiger partial charge in [0.05, 0.1) is 6.61 Å². The average molecular weight is 278 g/mol. The number of fused-ring (bicyclic) bond motifs is 1. The number of hydrogen-bond donors (Lipinski definition) is 1. The molecule has 20 heavy (non-hydrogen) atoms. The molecule has 0 amide bonds. The predicted molar refractivity (Wildman–Crippen MR) is 82.4 cm³/mol. The van der Waals surface area contributed by atoms with Gasteiger partial charge in [-0.25, -0.2) is 0 Å². The molecule has 1 aromatic carbocycles. The van der Waals surface area contributed by atoms with E-state index in [1.807, 2.05) is 0 Å². The molecule has 112 valence electrons. The van der Waals surface area contributed by atoms with Crippen LogP contribution >= 0.6 is 0 Å². The van der Waals surface area contributed by atoms with Crippen molar-refractivity contribution >= 4 is 5.69 Å². The van der Waals surface area contributed by atoms with Crippen LogP contribution in [0.15, 0.2) is 24.3 Å². The summed E-state index contributed by atoms with van der Waals surface area (Å²) in [6, 6.07) is 8.66. The van der Waals surface area contributed by atoms with Gasteiger partial charge >= 0.3 is 0 Å². The number of benzene rings is 1. The summed E-state index contributed by atoms with van der Waals surface area (Å²) >= 11 is 0. The summed E-state index contributed by atoms with van der Waals surface area (Å²) in [5, 5.41) is 0. The van der Waals surface area contributed by atoms with Crippen LogP contribution in [0.4, 0.5) is 5.69 Å². The minimum Gasteiger partial charge on any atom is -0.385 e. The normalized spacial score (nSPS) is 17.5. The Hall–Kier alpha value is -1.10. The molecular formula is C16H26N2O2. The van der Waals surface area contributed by atoms with Gasteiger partial charge in [-0.15, -0.1) is 0 Å². The number of nitrogens with two attached hydrogens (primary N) is 1. The van der Waals surface area contributed by atoms with E-state index in [1.54, 1.807) is 7.11 Å². The average Bonchev–Trinajstić information content (AvgIpc) is 2.82. The van der Waals surface area contributed by atoms with Crippen LogP contribution in [0.2, 0.25) is 0 Å². The van der Waals surface area contributed by atoms with Crippen molar-refractivity contribution < 1.29 is 9.47 Å². The fourth-order valence-corrected chi connectivity index (χ4v) is 2.83. The second-order valence-electron chi connectivity index (χ2n) is 5.24. The quantitative estimate of drug-likeness (QED) is 0.702. The summed E-state index contributed by atoms with van der Waals surface area (Å²) in [6.45, 7) is 5.08. The van der Waals surface area contributed by atoms with Gasteiger partial charge in [0, 0.05) is 45.0 Å². The molecule has 1 heterocycles. The molecule has 4 nitrogen and oxygen atoms in total. The summed E-state index contributed by atoms with van der Waals surface area (Å²) in [5.41, 5.74) is 8.52. The molecule has 1 unspecified atom stereocenters. The second-order valence-corrected chi connectivity index (χ2v) is 5.24. The van der Waals surface area contributed by atoms with Crippen molar-refractivity contribution in [1.82, 2.24) is 0 Å². The Labute approximate surface area is 121 Å². The van der Waals surface area contributed by atoms with Gasteiger partial charge in [-0.05, 0) is 31.0 Å². The van der Waals surface area contributed by atoms with E-state index in [4.69, 9.17) is 15.2 Å². The summed E-state index contributed by atoms with van der Waals surface area (Å²) in [5.74, 6) is 0.574.